The molecule has 0 bridgehead atoms. The van der Waals surface area contributed by atoms with Crippen LogP contribution in [-0.4, -0.2) is 131 Å². The molecular formula is C50H50F2N4O12. The molecule has 3 N–H and O–H groups in total. The van der Waals surface area contributed by atoms with Gasteiger partial charge in [-0.2, -0.15) is 0 Å². The number of phenols is 2. The average Bonchev–Trinajstić information content (AvgIpc) is 3.76. The van der Waals surface area contributed by atoms with E-state index in [0.717, 1.165) is 58.3 Å². The van der Waals surface area contributed by atoms with Crippen LogP contribution in [0.3, 0.4) is 0 Å². The number of halogens is 2. The molecule has 2 unspecified atom stereocenters. The standard InChI is InChI=1S/2C24H23FN2O5.C2H4O2/c2*25-16-5-6-19-18(14-16)22(29)20-21(15-3-1-4-17(28)13-15)27(24(30)23(20)32-19)8-2-7-26-9-11-31-12-10-26;1-2(3)4/h2*1,3-6,13-14,21,28H,2,7-12H2;1H3,(H,3,4). The molecule has 6 aromatic rings. The van der Waals surface area contributed by atoms with E-state index in [1.807, 2.05) is 0 Å². The fraction of sp³-hybridized carbons (Fsp3) is 0.340. The van der Waals surface area contributed by atoms with Crippen molar-refractivity contribution < 1.29 is 56.8 Å². The molecular weight excluding hydrogens is 887 g/mol. The Bertz CT molecular complexity index is 2770. The number of phenolic OH excluding ortho intramolecular Hbond substituents is 2. The predicted molar refractivity (Wildman–Crippen MR) is 244 cm³/mol. The highest BCUT2D eigenvalue weighted by molar-refractivity contribution is 6.00. The molecule has 0 aliphatic carbocycles. The van der Waals surface area contributed by atoms with E-state index in [-0.39, 0.29) is 67.9 Å². The van der Waals surface area contributed by atoms with Crippen molar-refractivity contribution in [2.45, 2.75) is 31.8 Å². The van der Waals surface area contributed by atoms with Gasteiger partial charge >= 0.3 is 0 Å². The van der Waals surface area contributed by atoms with Crippen LogP contribution in [0, 0.1) is 11.6 Å². The number of carboxylic acid groups (broad SMARTS) is 1. The Labute approximate surface area is 388 Å². The van der Waals surface area contributed by atoms with Crippen LogP contribution in [0.1, 0.15) is 75.2 Å². The molecule has 4 aliphatic rings. The van der Waals surface area contributed by atoms with Gasteiger partial charge in [0.15, 0.2) is 10.9 Å². The molecule has 4 aromatic carbocycles. The third kappa shape index (κ3) is 10.3. The van der Waals surface area contributed by atoms with Crippen molar-refractivity contribution in [1.29, 1.82) is 0 Å². The first-order valence-corrected chi connectivity index (χ1v) is 22.3. The predicted octanol–water partition coefficient (Wildman–Crippen LogP) is 5.90. The van der Waals surface area contributed by atoms with Gasteiger partial charge in [0.05, 0.1) is 60.4 Å². The number of carboxylic acids is 1. The van der Waals surface area contributed by atoms with Crippen molar-refractivity contribution >= 4 is 39.7 Å². The molecule has 0 spiro atoms. The lowest BCUT2D eigenvalue weighted by Crippen LogP contribution is -2.38. The summed E-state index contributed by atoms with van der Waals surface area (Å²) in [5.41, 5.74) is 1.06. The maximum atomic E-state index is 13.8. The molecule has 2 fully saturated rings. The van der Waals surface area contributed by atoms with Crippen LogP contribution in [0.15, 0.2) is 103 Å². The number of fused-ring (bicyclic) bond motifs is 4. The van der Waals surface area contributed by atoms with Gasteiger partial charge in [0.25, 0.3) is 17.8 Å². The molecule has 2 aromatic heterocycles. The summed E-state index contributed by atoms with van der Waals surface area (Å²) in [6.45, 7) is 9.67. The number of carbonyl (C=O) groups is 3. The molecule has 6 heterocycles. The summed E-state index contributed by atoms with van der Waals surface area (Å²) < 4.78 is 50.1. The van der Waals surface area contributed by atoms with Gasteiger partial charge in [-0.25, -0.2) is 8.78 Å². The van der Waals surface area contributed by atoms with E-state index >= 15 is 0 Å². The summed E-state index contributed by atoms with van der Waals surface area (Å²) in [7, 11) is 0. The second-order valence-electron chi connectivity index (χ2n) is 16.8. The van der Waals surface area contributed by atoms with Gasteiger partial charge in [0, 0.05) is 59.3 Å². The first kappa shape index (κ1) is 47.5. The molecule has 18 heteroatoms. The Morgan fingerprint density at radius 3 is 1.34 bits per heavy atom. The molecule has 2 amide bonds. The van der Waals surface area contributed by atoms with Crippen LogP contribution < -0.4 is 10.9 Å². The minimum atomic E-state index is -0.833. The Kier molecular flexibility index (Phi) is 14.6. The number of benzene rings is 4. The van der Waals surface area contributed by atoms with E-state index in [2.05, 4.69) is 9.80 Å². The molecule has 0 radical (unpaired) electrons. The number of nitrogens with zero attached hydrogens (tertiary/aromatic N) is 4. The molecule has 2 saturated heterocycles. The highest BCUT2D eigenvalue weighted by atomic mass is 19.1. The molecule has 0 saturated carbocycles. The number of hydrogen-bond acceptors (Lipinski definition) is 13. The zero-order valence-corrected chi connectivity index (χ0v) is 37.2. The SMILES string of the molecule is CC(=O)O.O=C1c2oc3ccc(F)cc3c(=O)c2C(c2cccc(O)c2)N1CCCN1CCOCC1.O=C1c2oc3ccc(F)cc3c(=O)c2C(c2cccc(O)c2)N1CCCN1CCOCC1. The quantitative estimate of drug-likeness (QED) is 0.146. The summed E-state index contributed by atoms with van der Waals surface area (Å²) in [6.07, 6.45) is 1.41. The molecule has 4 aliphatic heterocycles. The average molecular weight is 937 g/mol. The van der Waals surface area contributed by atoms with Crippen molar-refractivity contribution in [3.05, 3.63) is 151 Å². The Morgan fingerprint density at radius 2 is 0.971 bits per heavy atom. The van der Waals surface area contributed by atoms with Crippen LogP contribution in [-0.2, 0) is 14.3 Å². The number of rotatable bonds is 10. The Morgan fingerprint density at radius 1 is 0.588 bits per heavy atom. The van der Waals surface area contributed by atoms with Crippen LogP contribution >= 0.6 is 0 Å². The lowest BCUT2D eigenvalue weighted by molar-refractivity contribution is -0.134. The van der Waals surface area contributed by atoms with E-state index in [1.54, 1.807) is 34.1 Å². The van der Waals surface area contributed by atoms with E-state index in [9.17, 15) is 38.2 Å². The van der Waals surface area contributed by atoms with Crippen LogP contribution in [0.5, 0.6) is 11.5 Å². The van der Waals surface area contributed by atoms with Gasteiger partial charge in [-0.3, -0.25) is 33.8 Å². The molecule has 16 nitrogen and oxygen atoms in total. The van der Waals surface area contributed by atoms with Gasteiger partial charge < -0.3 is 43.4 Å². The zero-order chi connectivity index (χ0) is 48.1. The van der Waals surface area contributed by atoms with Crippen LogP contribution in [0.2, 0.25) is 0 Å². The number of morpholine rings is 2. The van der Waals surface area contributed by atoms with Gasteiger partial charge in [0.2, 0.25) is 11.5 Å². The second kappa shape index (κ2) is 20.9. The number of amides is 2. The van der Waals surface area contributed by atoms with E-state index in [4.69, 9.17) is 28.2 Å². The van der Waals surface area contributed by atoms with Gasteiger partial charge in [-0.05, 0) is 84.6 Å². The van der Waals surface area contributed by atoms with Gasteiger partial charge in [-0.1, -0.05) is 24.3 Å². The van der Waals surface area contributed by atoms with Crippen molar-refractivity contribution in [2.24, 2.45) is 0 Å². The first-order chi connectivity index (χ1) is 32.8. The minimum Gasteiger partial charge on any atom is -0.508 e. The highest BCUT2D eigenvalue weighted by Gasteiger charge is 2.44. The monoisotopic (exact) mass is 936 g/mol. The fourth-order valence-electron chi connectivity index (χ4n) is 9.11. The maximum absolute atomic E-state index is 13.8. The number of carbonyl (C=O) groups excluding carboxylic acids is 2. The number of aromatic hydroxyl groups is 2. The lowest BCUT2D eigenvalue weighted by Gasteiger charge is -2.29. The van der Waals surface area contributed by atoms with E-state index in [0.29, 0.717) is 63.5 Å². The second-order valence-corrected chi connectivity index (χ2v) is 16.8. The molecule has 2 atom stereocenters. The normalized spacial score (nSPS) is 18.2. The van der Waals surface area contributed by atoms with Gasteiger partial charge in [0.1, 0.15) is 34.3 Å². The van der Waals surface area contributed by atoms with Crippen molar-refractivity contribution in [2.75, 3.05) is 78.8 Å². The largest absolute Gasteiger partial charge is 0.508 e. The third-order valence-electron chi connectivity index (χ3n) is 12.2. The van der Waals surface area contributed by atoms with Gasteiger partial charge in [-0.15, -0.1) is 0 Å². The topological polar surface area (TPSA) is 204 Å². The van der Waals surface area contributed by atoms with Crippen LogP contribution in [0.25, 0.3) is 21.9 Å². The van der Waals surface area contributed by atoms with E-state index < -0.39 is 40.5 Å². The zero-order valence-electron chi connectivity index (χ0n) is 37.2. The smallest absolute Gasteiger partial charge is 0.300 e. The van der Waals surface area contributed by atoms with Crippen molar-refractivity contribution in [1.82, 2.24) is 19.6 Å². The fourth-order valence-corrected chi connectivity index (χ4v) is 9.11. The maximum Gasteiger partial charge on any atom is 0.300 e. The number of aliphatic carboxylic acids is 1. The summed E-state index contributed by atoms with van der Waals surface area (Å²) in [5.74, 6) is -2.66. The Balaban J connectivity index is 0.000000171. The molecule has 356 valence electrons. The summed E-state index contributed by atoms with van der Waals surface area (Å²) in [5, 5.41) is 27.7. The van der Waals surface area contributed by atoms with Crippen molar-refractivity contribution in [3.63, 3.8) is 0 Å². The number of ether oxygens (including phenoxy) is 2. The summed E-state index contributed by atoms with van der Waals surface area (Å²) in [6, 6.07) is 19.0. The van der Waals surface area contributed by atoms with Crippen molar-refractivity contribution in [3.8, 4) is 11.5 Å². The van der Waals surface area contributed by atoms with Crippen LogP contribution in [0.4, 0.5) is 8.78 Å². The highest BCUT2D eigenvalue weighted by Crippen LogP contribution is 2.41. The summed E-state index contributed by atoms with van der Waals surface area (Å²) in [4.78, 5) is 70.2. The Hall–Kier alpha value is -6.99. The minimum absolute atomic E-state index is 0.0196. The molecule has 10 rings (SSSR count). The first-order valence-electron chi connectivity index (χ1n) is 22.3. The molecule has 68 heavy (non-hydrogen) atoms. The lowest BCUT2D eigenvalue weighted by atomic mass is 9.98. The third-order valence-corrected chi connectivity index (χ3v) is 12.2. The van der Waals surface area contributed by atoms with E-state index in [1.165, 1.54) is 48.5 Å². The number of hydrogen-bond donors (Lipinski definition) is 3. The summed E-state index contributed by atoms with van der Waals surface area (Å²) >= 11 is 0.